The van der Waals surface area contributed by atoms with Crippen molar-refractivity contribution in [3.05, 3.63) is 24.0 Å². The first-order chi connectivity index (χ1) is 5.70. The van der Waals surface area contributed by atoms with Gasteiger partial charge in [0.1, 0.15) is 0 Å². The number of hydrogen-bond donors (Lipinski definition) is 0. The van der Waals surface area contributed by atoms with Gasteiger partial charge >= 0.3 is 0 Å². The summed E-state index contributed by atoms with van der Waals surface area (Å²) in [6.45, 7) is 0. The largest absolute Gasteiger partial charge is 0.299 e. The number of hydrogen-bond acceptors (Lipinski definition) is 3. The molecule has 2 heterocycles. The van der Waals surface area contributed by atoms with Crippen LogP contribution in [-0.4, -0.2) is 22.0 Å². The van der Waals surface area contributed by atoms with Gasteiger partial charge in [-0.25, -0.2) is 0 Å². The molecule has 0 atom stereocenters. The molecule has 1 aliphatic heterocycles. The third kappa shape index (κ3) is 0.747. The number of carbonyl (C=O) groups excluding carboxylic acids is 3. The minimum atomic E-state index is -0.635. The van der Waals surface area contributed by atoms with E-state index < -0.39 is 11.7 Å². The Balaban J connectivity index is 2.64. The zero-order valence-electron chi connectivity index (χ0n) is 6.11. The fraction of sp³-hybridized carbons (Fsp3) is 0.125. The topological polar surface area (TPSA) is 56.1 Å². The summed E-state index contributed by atoms with van der Waals surface area (Å²) in [5.74, 6) is -1.54. The Kier molecular flexibility index (Phi) is 1.24. The minimum Gasteiger partial charge on any atom is -0.292 e. The molecule has 0 aliphatic carbocycles. The van der Waals surface area contributed by atoms with E-state index in [9.17, 15) is 14.4 Å². The number of aromatic nitrogens is 1. The van der Waals surface area contributed by atoms with E-state index in [0.29, 0.717) is 5.69 Å². The van der Waals surface area contributed by atoms with Crippen LogP contribution in [0.15, 0.2) is 18.3 Å². The molecule has 0 fully saturated rings. The van der Waals surface area contributed by atoms with Crippen molar-refractivity contribution in [3.63, 3.8) is 0 Å². The van der Waals surface area contributed by atoms with Crippen LogP contribution in [0.5, 0.6) is 0 Å². The van der Waals surface area contributed by atoms with Gasteiger partial charge in [-0.05, 0) is 12.1 Å². The molecule has 0 amide bonds. The second-order valence-electron chi connectivity index (χ2n) is 2.59. The van der Waals surface area contributed by atoms with E-state index in [4.69, 9.17) is 0 Å². The van der Waals surface area contributed by atoms with Crippen molar-refractivity contribution in [2.45, 2.75) is 6.42 Å². The Bertz CT molecular complexity index is 389. The molecular formula is C8H5NO3. The van der Waals surface area contributed by atoms with Crippen LogP contribution in [0.3, 0.4) is 0 Å². The Morgan fingerprint density at radius 2 is 1.92 bits per heavy atom. The summed E-state index contributed by atoms with van der Waals surface area (Å²) in [5, 5.41) is 0. The summed E-state index contributed by atoms with van der Waals surface area (Å²) < 4.78 is 1.09. The van der Waals surface area contributed by atoms with Crippen LogP contribution in [0.4, 0.5) is 0 Å². The van der Waals surface area contributed by atoms with Crippen LogP contribution in [0.1, 0.15) is 21.7 Å². The Labute approximate surface area is 67.8 Å². The number of carbonyl (C=O) groups is 3. The van der Waals surface area contributed by atoms with E-state index in [1.54, 1.807) is 6.07 Å². The predicted octanol–water partition coefficient (Wildman–Crippen LogP) is 0.284. The SMILES string of the molecule is O=C1CC(=O)c2cccn2C1=O. The number of ketones is 2. The lowest BCUT2D eigenvalue weighted by atomic mass is 10.1. The van der Waals surface area contributed by atoms with E-state index in [2.05, 4.69) is 0 Å². The summed E-state index contributed by atoms with van der Waals surface area (Å²) in [6.07, 6.45) is 1.13. The van der Waals surface area contributed by atoms with Gasteiger partial charge in [0.15, 0.2) is 5.78 Å². The summed E-state index contributed by atoms with van der Waals surface area (Å²) >= 11 is 0. The van der Waals surface area contributed by atoms with Gasteiger partial charge in [0, 0.05) is 6.20 Å². The molecule has 1 aliphatic rings. The first kappa shape index (κ1) is 6.97. The normalized spacial score (nSPS) is 16.5. The molecule has 0 spiro atoms. The molecule has 0 bridgehead atoms. The molecule has 4 heteroatoms. The highest BCUT2D eigenvalue weighted by molar-refractivity contribution is 6.43. The van der Waals surface area contributed by atoms with Crippen LogP contribution < -0.4 is 0 Å². The van der Waals surface area contributed by atoms with Crippen molar-refractivity contribution >= 4 is 17.5 Å². The monoisotopic (exact) mass is 163 g/mol. The average Bonchev–Trinajstić information content (AvgIpc) is 2.48. The lowest BCUT2D eigenvalue weighted by molar-refractivity contribution is -0.115. The van der Waals surface area contributed by atoms with Crippen LogP contribution in [0, 0.1) is 0 Å². The van der Waals surface area contributed by atoms with Crippen molar-refractivity contribution < 1.29 is 14.4 Å². The maximum atomic E-state index is 11.1. The smallest absolute Gasteiger partial charge is 0.292 e. The highest BCUT2D eigenvalue weighted by atomic mass is 16.2. The fourth-order valence-electron chi connectivity index (χ4n) is 1.23. The number of Topliss-reactive ketones (excluding diaryl/α,β-unsaturated/α-hetero) is 2. The number of nitrogens with zero attached hydrogens (tertiary/aromatic N) is 1. The molecule has 2 rings (SSSR count). The summed E-state index contributed by atoms with van der Waals surface area (Å²) in [5.41, 5.74) is 0.305. The van der Waals surface area contributed by atoms with Gasteiger partial charge < -0.3 is 0 Å². The molecule has 0 saturated heterocycles. The Morgan fingerprint density at radius 1 is 1.17 bits per heavy atom. The molecule has 4 nitrogen and oxygen atoms in total. The molecule has 1 aromatic heterocycles. The number of rotatable bonds is 0. The Hall–Kier alpha value is -1.71. The van der Waals surface area contributed by atoms with Gasteiger partial charge in [0.25, 0.3) is 5.91 Å². The standard InChI is InChI=1S/C8H5NO3/c10-6-4-7(11)8(12)9-3-1-2-5(6)9/h1-3H,4H2. The average molecular weight is 163 g/mol. The van der Waals surface area contributed by atoms with Gasteiger partial charge in [-0.2, -0.15) is 0 Å². The third-order valence-electron chi connectivity index (χ3n) is 1.81. The molecule has 0 saturated carbocycles. The maximum absolute atomic E-state index is 11.1. The van der Waals surface area contributed by atoms with Crippen molar-refractivity contribution in [1.29, 1.82) is 0 Å². The zero-order valence-corrected chi connectivity index (χ0v) is 6.11. The van der Waals surface area contributed by atoms with Crippen LogP contribution in [-0.2, 0) is 4.79 Å². The lowest BCUT2D eigenvalue weighted by Gasteiger charge is -2.10. The molecule has 1 aromatic rings. The van der Waals surface area contributed by atoms with Crippen LogP contribution >= 0.6 is 0 Å². The summed E-state index contributed by atoms with van der Waals surface area (Å²) in [6, 6.07) is 3.11. The summed E-state index contributed by atoms with van der Waals surface area (Å²) in [4.78, 5) is 33.1. The molecule has 12 heavy (non-hydrogen) atoms. The van der Waals surface area contributed by atoms with Crippen molar-refractivity contribution in [2.75, 3.05) is 0 Å². The first-order valence-corrected chi connectivity index (χ1v) is 3.48. The Morgan fingerprint density at radius 3 is 2.67 bits per heavy atom. The van der Waals surface area contributed by atoms with Crippen molar-refractivity contribution in [1.82, 2.24) is 4.57 Å². The van der Waals surface area contributed by atoms with Gasteiger partial charge in [0.2, 0.25) is 5.78 Å². The van der Waals surface area contributed by atoms with Gasteiger partial charge in [0.05, 0.1) is 12.1 Å². The van der Waals surface area contributed by atoms with Crippen molar-refractivity contribution in [2.24, 2.45) is 0 Å². The van der Waals surface area contributed by atoms with Crippen LogP contribution in [0.2, 0.25) is 0 Å². The zero-order chi connectivity index (χ0) is 8.72. The molecule has 0 radical (unpaired) electrons. The molecule has 60 valence electrons. The highest BCUT2D eigenvalue weighted by Crippen LogP contribution is 2.12. The van der Waals surface area contributed by atoms with Crippen LogP contribution in [0.25, 0.3) is 0 Å². The van der Waals surface area contributed by atoms with E-state index in [0.717, 1.165) is 4.57 Å². The third-order valence-corrected chi connectivity index (χ3v) is 1.81. The minimum absolute atomic E-state index is 0.287. The first-order valence-electron chi connectivity index (χ1n) is 3.48. The fourth-order valence-corrected chi connectivity index (χ4v) is 1.23. The van der Waals surface area contributed by atoms with Gasteiger partial charge in [-0.15, -0.1) is 0 Å². The molecule has 0 N–H and O–H groups in total. The van der Waals surface area contributed by atoms with Gasteiger partial charge in [-0.1, -0.05) is 0 Å². The maximum Gasteiger partial charge on any atom is 0.299 e. The van der Waals surface area contributed by atoms with E-state index in [-0.39, 0.29) is 12.2 Å². The number of fused-ring (bicyclic) bond motifs is 1. The highest BCUT2D eigenvalue weighted by Gasteiger charge is 2.29. The van der Waals surface area contributed by atoms with Crippen molar-refractivity contribution in [3.8, 4) is 0 Å². The molecular weight excluding hydrogens is 158 g/mol. The van der Waals surface area contributed by atoms with E-state index >= 15 is 0 Å². The predicted molar refractivity (Wildman–Crippen MR) is 39.0 cm³/mol. The molecule has 0 aromatic carbocycles. The quantitative estimate of drug-likeness (QED) is 0.408. The molecule has 0 unspecified atom stereocenters. The van der Waals surface area contributed by atoms with Gasteiger partial charge in [-0.3, -0.25) is 19.0 Å². The van der Waals surface area contributed by atoms with E-state index in [1.165, 1.54) is 12.3 Å². The second kappa shape index (κ2) is 2.14. The van der Waals surface area contributed by atoms with E-state index in [1.807, 2.05) is 0 Å². The summed E-state index contributed by atoms with van der Waals surface area (Å²) in [7, 11) is 0. The second-order valence-corrected chi connectivity index (χ2v) is 2.59. The lowest BCUT2D eigenvalue weighted by Crippen LogP contribution is -2.31.